The standard InChI is InChI=1S/C20H20N4O2/c1-24-20(26)17-5-3-2-4-16(17)18(23-24)9-19(25)22-10-13-6-7-14-11-21-12-15(14)8-13/h2-8,21H,9-12H2,1H3,(H,22,25). The summed E-state index contributed by atoms with van der Waals surface area (Å²) >= 11 is 0. The van der Waals surface area contributed by atoms with Gasteiger partial charge in [0.25, 0.3) is 5.56 Å². The second-order valence-electron chi connectivity index (χ2n) is 6.58. The van der Waals surface area contributed by atoms with E-state index in [1.807, 2.05) is 24.3 Å². The van der Waals surface area contributed by atoms with Crippen molar-refractivity contribution in [1.29, 1.82) is 0 Å². The summed E-state index contributed by atoms with van der Waals surface area (Å²) in [6.45, 7) is 2.27. The minimum Gasteiger partial charge on any atom is -0.352 e. The molecule has 1 aliphatic rings. The topological polar surface area (TPSA) is 76.0 Å². The average Bonchev–Trinajstić information content (AvgIpc) is 3.12. The molecular formula is C20H20N4O2. The second-order valence-corrected chi connectivity index (χ2v) is 6.58. The van der Waals surface area contributed by atoms with Crippen molar-refractivity contribution >= 4 is 16.7 Å². The Labute approximate surface area is 150 Å². The minimum atomic E-state index is -0.156. The molecule has 0 atom stereocenters. The lowest BCUT2D eigenvalue weighted by atomic mass is 10.1. The van der Waals surface area contributed by atoms with E-state index in [1.54, 1.807) is 13.1 Å². The highest BCUT2D eigenvalue weighted by Crippen LogP contribution is 2.17. The molecule has 0 bridgehead atoms. The SMILES string of the molecule is Cn1nc(CC(=O)NCc2ccc3c(c2)CNC3)c2ccccc2c1=O. The number of nitrogens with zero attached hydrogens (tertiary/aromatic N) is 2. The third-order valence-electron chi connectivity index (χ3n) is 4.75. The van der Waals surface area contributed by atoms with Crippen LogP contribution < -0.4 is 16.2 Å². The normalized spacial score (nSPS) is 13.0. The summed E-state index contributed by atoms with van der Waals surface area (Å²) in [5, 5.41) is 11.9. The first-order chi connectivity index (χ1) is 12.6. The zero-order valence-corrected chi connectivity index (χ0v) is 14.6. The van der Waals surface area contributed by atoms with E-state index >= 15 is 0 Å². The Kier molecular flexibility index (Phi) is 4.26. The number of carbonyl (C=O) groups excluding carboxylic acids is 1. The van der Waals surface area contributed by atoms with Gasteiger partial charge in [-0.05, 0) is 22.8 Å². The van der Waals surface area contributed by atoms with Gasteiger partial charge in [0.1, 0.15) is 0 Å². The lowest BCUT2D eigenvalue weighted by Gasteiger charge is -2.09. The number of benzene rings is 2. The molecule has 0 fully saturated rings. The second kappa shape index (κ2) is 6.72. The van der Waals surface area contributed by atoms with E-state index in [2.05, 4.69) is 27.9 Å². The molecule has 2 heterocycles. The molecule has 4 rings (SSSR count). The number of aryl methyl sites for hydroxylation is 1. The van der Waals surface area contributed by atoms with Crippen LogP contribution in [0.2, 0.25) is 0 Å². The molecule has 0 spiro atoms. The van der Waals surface area contributed by atoms with Gasteiger partial charge in [0, 0.05) is 32.1 Å². The van der Waals surface area contributed by atoms with Gasteiger partial charge >= 0.3 is 0 Å². The predicted molar refractivity (Wildman–Crippen MR) is 99.5 cm³/mol. The summed E-state index contributed by atoms with van der Waals surface area (Å²) in [6, 6.07) is 13.6. The number of rotatable bonds is 4. The number of amides is 1. The van der Waals surface area contributed by atoms with Crippen LogP contribution in [-0.2, 0) is 37.9 Å². The van der Waals surface area contributed by atoms with E-state index < -0.39 is 0 Å². The van der Waals surface area contributed by atoms with Crippen molar-refractivity contribution in [3.63, 3.8) is 0 Å². The molecule has 2 aromatic carbocycles. The number of carbonyl (C=O) groups is 1. The fourth-order valence-electron chi connectivity index (χ4n) is 3.38. The van der Waals surface area contributed by atoms with Crippen molar-refractivity contribution in [3.8, 4) is 0 Å². The smallest absolute Gasteiger partial charge is 0.274 e. The van der Waals surface area contributed by atoms with Crippen LogP contribution in [0.25, 0.3) is 10.8 Å². The fraction of sp³-hybridized carbons (Fsp3) is 0.250. The molecule has 26 heavy (non-hydrogen) atoms. The van der Waals surface area contributed by atoms with Gasteiger partial charge in [-0.15, -0.1) is 0 Å². The van der Waals surface area contributed by atoms with Gasteiger partial charge < -0.3 is 10.6 Å². The van der Waals surface area contributed by atoms with E-state index in [-0.39, 0.29) is 17.9 Å². The molecule has 132 valence electrons. The molecule has 2 N–H and O–H groups in total. The molecule has 6 nitrogen and oxygen atoms in total. The number of nitrogens with one attached hydrogen (secondary N) is 2. The highest BCUT2D eigenvalue weighted by molar-refractivity contribution is 5.88. The van der Waals surface area contributed by atoms with Crippen molar-refractivity contribution in [3.05, 3.63) is 75.2 Å². The fourth-order valence-corrected chi connectivity index (χ4v) is 3.38. The summed E-state index contributed by atoms with van der Waals surface area (Å²) in [5.74, 6) is -0.111. The summed E-state index contributed by atoms with van der Waals surface area (Å²) in [7, 11) is 1.61. The lowest BCUT2D eigenvalue weighted by molar-refractivity contribution is -0.120. The van der Waals surface area contributed by atoms with Gasteiger partial charge in [0.2, 0.25) is 5.91 Å². The van der Waals surface area contributed by atoms with Gasteiger partial charge in [-0.3, -0.25) is 9.59 Å². The molecule has 0 radical (unpaired) electrons. The van der Waals surface area contributed by atoms with E-state index in [1.165, 1.54) is 15.8 Å². The molecule has 0 aliphatic carbocycles. The van der Waals surface area contributed by atoms with Crippen molar-refractivity contribution < 1.29 is 4.79 Å². The van der Waals surface area contributed by atoms with E-state index in [4.69, 9.17) is 0 Å². The Morgan fingerprint density at radius 2 is 1.92 bits per heavy atom. The molecule has 1 amide bonds. The highest BCUT2D eigenvalue weighted by atomic mass is 16.1. The lowest BCUT2D eigenvalue weighted by Crippen LogP contribution is -2.27. The zero-order chi connectivity index (χ0) is 18.1. The Morgan fingerprint density at radius 3 is 2.77 bits per heavy atom. The Morgan fingerprint density at radius 1 is 1.15 bits per heavy atom. The third kappa shape index (κ3) is 3.11. The molecule has 1 aromatic heterocycles. The molecular weight excluding hydrogens is 328 g/mol. The first kappa shape index (κ1) is 16.5. The molecule has 0 saturated carbocycles. The number of fused-ring (bicyclic) bond motifs is 2. The van der Waals surface area contributed by atoms with E-state index in [9.17, 15) is 9.59 Å². The first-order valence-electron chi connectivity index (χ1n) is 8.65. The summed E-state index contributed by atoms with van der Waals surface area (Å²) in [4.78, 5) is 24.6. The van der Waals surface area contributed by atoms with Gasteiger partial charge in [-0.2, -0.15) is 5.10 Å². The van der Waals surface area contributed by atoms with Crippen LogP contribution in [0.1, 0.15) is 22.4 Å². The summed E-state index contributed by atoms with van der Waals surface area (Å²) in [5.41, 5.74) is 4.15. The van der Waals surface area contributed by atoms with E-state index in [0.29, 0.717) is 17.6 Å². The van der Waals surface area contributed by atoms with Crippen molar-refractivity contribution in [2.45, 2.75) is 26.1 Å². The van der Waals surface area contributed by atoms with Crippen LogP contribution >= 0.6 is 0 Å². The quantitative estimate of drug-likeness (QED) is 0.747. The number of aromatic nitrogens is 2. The van der Waals surface area contributed by atoms with Crippen molar-refractivity contribution in [1.82, 2.24) is 20.4 Å². The van der Waals surface area contributed by atoms with Crippen LogP contribution in [0.4, 0.5) is 0 Å². The Hall–Kier alpha value is -2.99. The molecule has 0 saturated heterocycles. The molecule has 6 heteroatoms. The maximum absolute atomic E-state index is 12.4. The minimum absolute atomic E-state index is 0.111. The van der Waals surface area contributed by atoms with Gasteiger partial charge in [0.15, 0.2) is 0 Å². The van der Waals surface area contributed by atoms with Crippen LogP contribution in [0.15, 0.2) is 47.3 Å². The molecule has 0 unspecified atom stereocenters. The van der Waals surface area contributed by atoms with E-state index in [0.717, 1.165) is 24.0 Å². The Balaban J connectivity index is 1.49. The van der Waals surface area contributed by atoms with Crippen LogP contribution in [-0.4, -0.2) is 15.7 Å². The monoisotopic (exact) mass is 348 g/mol. The first-order valence-corrected chi connectivity index (χ1v) is 8.65. The third-order valence-corrected chi connectivity index (χ3v) is 4.75. The summed E-state index contributed by atoms with van der Waals surface area (Å²) in [6.07, 6.45) is 0.140. The van der Waals surface area contributed by atoms with Crippen molar-refractivity contribution in [2.75, 3.05) is 0 Å². The largest absolute Gasteiger partial charge is 0.352 e. The Bertz CT molecular complexity index is 1060. The van der Waals surface area contributed by atoms with Crippen LogP contribution in [0.5, 0.6) is 0 Å². The average molecular weight is 348 g/mol. The van der Waals surface area contributed by atoms with Gasteiger partial charge in [-0.1, -0.05) is 36.4 Å². The van der Waals surface area contributed by atoms with Crippen LogP contribution in [0, 0.1) is 0 Å². The predicted octanol–water partition coefficient (Wildman–Crippen LogP) is 1.40. The maximum Gasteiger partial charge on any atom is 0.274 e. The molecule has 3 aromatic rings. The van der Waals surface area contributed by atoms with Gasteiger partial charge in [-0.25, -0.2) is 4.68 Å². The summed E-state index contributed by atoms with van der Waals surface area (Å²) < 4.78 is 1.29. The zero-order valence-electron chi connectivity index (χ0n) is 14.6. The maximum atomic E-state index is 12.4. The van der Waals surface area contributed by atoms with Crippen molar-refractivity contribution in [2.24, 2.45) is 7.05 Å². The highest BCUT2D eigenvalue weighted by Gasteiger charge is 2.13. The van der Waals surface area contributed by atoms with Gasteiger partial charge in [0.05, 0.1) is 17.5 Å². The molecule has 1 aliphatic heterocycles. The number of hydrogen-bond acceptors (Lipinski definition) is 4. The van der Waals surface area contributed by atoms with Crippen LogP contribution in [0.3, 0.4) is 0 Å². The number of hydrogen-bond donors (Lipinski definition) is 2.